The number of hydrogen-bond donors (Lipinski definition) is 1. The van der Waals surface area contributed by atoms with Gasteiger partial charge >= 0.3 is 5.97 Å². The third-order valence-corrected chi connectivity index (χ3v) is 4.33. The molecule has 1 heterocycles. The number of carboxylic acid groups (broad SMARTS) is 1. The van der Waals surface area contributed by atoms with Crippen molar-refractivity contribution in [3.05, 3.63) is 65.7 Å². The van der Waals surface area contributed by atoms with E-state index in [9.17, 15) is 4.79 Å². The van der Waals surface area contributed by atoms with Crippen LogP contribution in [0.2, 0.25) is 0 Å². The summed E-state index contributed by atoms with van der Waals surface area (Å²) in [6.07, 6.45) is 1.16. The van der Waals surface area contributed by atoms with Gasteiger partial charge < -0.3 is 9.84 Å². The van der Waals surface area contributed by atoms with Gasteiger partial charge in [0.05, 0.1) is 0 Å². The lowest BCUT2D eigenvalue weighted by Gasteiger charge is -2.17. The Hall–Kier alpha value is -2.04. The molecule has 5 heteroatoms. The summed E-state index contributed by atoms with van der Waals surface area (Å²) in [6.45, 7) is 3.42. The van der Waals surface area contributed by atoms with Crippen LogP contribution in [-0.4, -0.2) is 42.2 Å². The molecule has 24 heavy (non-hydrogen) atoms. The Balaban J connectivity index is 0.00000208. The molecule has 2 aromatic rings. The predicted molar refractivity (Wildman–Crippen MR) is 96.4 cm³/mol. The van der Waals surface area contributed by atoms with Gasteiger partial charge in [0, 0.05) is 13.1 Å². The minimum absolute atomic E-state index is 0. The maximum atomic E-state index is 11.2. The Labute approximate surface area is 148 Å². The highest BCUT2D eigenvalue weighted by molar-refractivity contribution is 5.90. The lowest BCUT2D eigenvalue weighted by Crippen LogP contribution is -2.26. The van der Waals surface area contributed by atoms with Gasteiger partial charge in [0.1, 0.15) is 17.9 Å². The van der Waals surface area contributed by atoms with Crippen molar-refractivity contribution in [3.63, 3.8) is 0 Å². The van der Waals surface area contributed by atoms with Crippen LogP contribution >= 0.6 is 12.4 Å². The van der Waals surface area contributed by atoms with Gasteiger partial charge in [-0.25, -0.2) is 4.79 Å². The number of halogens is 1. The maximum Gasteiger partial charge on any atom is 0.339 e. The van der Waals surface area contributed by atoms with Gasteiger partial charge in [0.15, 0.2) is 0 Å². The van der Waals surface area contributed by atoms with Gasteiger partial charge in [-0.2, -0.15) is 0 Å². The van der Waals surface area contributed by atoms with E-state index in [4.69, 9.17) is 9.84 Å². The van der Waals surface area contributed by atoms with Crippen LogP contribution in [0.1, 0.15) is 28.3 Å². The van der Waals surface area contributed by atoms with E-state index in [2.05, 4.69) is 29.2 Å². The van der Waals surface area contributed by atoms with E-state index in [-0.39, 0.29) is 18.0 Å². The SMILES string of the molecule is Cl.O=C(O)c1ccccc1OCCN1CCC(c2ccccc2)C1. The van der Waals surface area contributed by atoms with E-state index in [1.807, 2.05) is 6.07 Å². The summed E-state index contributed by atoms with van der Waals surface area (Å²) in [5.74, 6) is 0.0761. The number of aromatic carboxylic acids is 1. The van der Waals surface area contributed by atoms with Crippen molar-refractivity contribution in [1.82, 2.24) is 4.90 Å². The average molecular weight is 348 g/mol. The number of nitrogens with zero attached hydrogens (tertiary/aromatic N) is 1. The monoisotopic (exact) mass is 347 g/mol. The fraction of sp³-hybridized carbons (Fsp3) is 0.316. The van der Waals surface area contributed by atoms with Crippen LogP contribution < -0.4 is 4.74 Å². The van der Waals surface area contributed by atoms with Crippen molar-refractivity contribution in [2.45, 2.75) is 12.3 Å². The van der Waals surface area contributed by atoms with Crippen LogP contribution in [0.25, 0.3) is 0 Å². The molecule has 0 amide bonds. The van der Waals surface area contributed by atoms with E-state index in [1.54, 1.807) is 24.3 Å². The molecule has 3 rings (SSSR count). The highest BCUT2D eigenvalue weighted by Gasteiger charge is 2.23. The molecular formula is C19H22ClNO3. The molecule has 0 bridgehead atoms. The summed E-state index contributed by atoms with van der Waals surface area (Å²) in [5, 5.41) is 9.15. The van der Waals surface area contributed by atoms with E-state index >= 15 is 0 Å². The Bertz CT molecular complexity index is 663. The standard InChI is InChI=1S/C19H21NO3.ClH/c21-19(22)17-8-4-5-9-18(17)23-13-12-20-11-10-16(14-20)15-6-2-1-3-7-15;/h1-9,16H,10-14H2,(H,21,22);1H. The predicted octanol–water partition coefficient (Wildman–Crippen LogP) is 3.67. The van der Waals surface area contributed by atoms with E-state index in [0.29, 0.717) is 18.3 Å². The van der Waals surface area contributed by atoms with Gasteiger partial charge in [-0.3, -0.25) is 4.90 Å². The fourth-order valence-electron chi connectivity index (χ4n) is 3.09. The smallest absolute Gasteiger partial charge is 0.339 e. The van der Waals surface area contributed by atoms with Crippen molar-refractivity contribution in [3.8, 4) is 5.75 Å². The first-order valence-electron chi connectivity index (χ1n) is 7.96. The summed E-state index contributed by atoms with van der Waals surface area (Å²) in [5.41, 5.74) is 1.61. The van der Waals surface area contributed by atoms with Crippen molar-refractivity contribution in [2.75, 3.05) is 26.2 Å². The number of rotatable bonds is 6. The Morgan fingerprint density at radius 1 is 1.12 bits per heavy atom. The molecule has 1 saturated heterocycles. The van der Waals surface area contributed by atoms with Crippen molar-refractivity contribution in [2.24, 2.45) is 0 Å². The quantitative estimate of drug-likeness (QED) is 0.866. The van der Waals surface area contributed by atoms with E-state index < -0.39 is 5.97 Å². The minimum atomic E-state index is -0.953. The van der Waals surface area contributed by atoms with Crippen molar-refractivity contribution in [1.29, 1.82) is 0 Å². The highest BCUT2D eigenvalue weighted by Crippen LogP contribution is 2.26. The number of hydrogen-bond acceptors (Lipinski definition) is 3. The molecule has 2 aromatic carbocycles. The van der Waals surface area contributed by atoms with Gasteiger partial charge in [-0.05, 0) is 36.6 Å². The molecule has 1 N–H and O–H groups in total. The average Bonchev–Trinajstić information content (AvgIpc) is 3.05. The van der Waals surface area contributed by atoms with Gasteiger partial charge in [-0.1, -0.05) is 42.5 Å². The summed E-state index contributed by atoms with van der Waals surface area (Å²) in [7, 11) is 0. The molecule has 1 aliphatic heterocycles. The summed E-state index contributed by atoms with van der Waals surface area (Å²) in [4.78, 5) is 13.5. The zero-order valence-electron chi connectivity index (χ0n) is 13.4. The molecule has 0 radical (unpaired) electrons. The number of ether oxygens (including phenoxy) is 1. The lowest BCUT2D eigenvalue weighted by molar-refractivity contribution is 0.0691. The maximum absolute atomic E-state index is 11.2. The first-order valence-corrected chi connectivity index (χ1v) is 7.96. The second-order valence-corrected chi connectivity index (χ2v) is 5.85. The van der Waals surface area contributed by atoms with Crippen LogP contribution in [-0.2, 0) is 0 Å². The second kappa shape index (κ2) is 8.71. The summed E-state index contributed by atoms with van der Waals surface area (Å²) >= 11 is 0. The first-order chi connectivity index (χ1) is 11.2. The number of carbonyl (C=O) groups is 1. The summed E-state index contributed by atoms with van der Waals surface area (Å²) < 4.78 is 5.68. The van der Waals surface area contributed by atoms with Gasteiger partial charge in [0.25, 0.3) is 0 Å². The molecule has 128 valence electrons. The van der Waals surface area contributed by atoms with Crippen LogP contribution in [0.4, 0.5) is 0 Å². The first kappa shape index (κ1) is 18.3. The van der Waals surface area contributed by atoms with Gasteiger partial charge in [-0.15, -0.1) is 12.4 Å². The topological polar surface area (TPSA) is 49.8 Å². The second-order valence-electron chi connectivity index (χ2n) is 5.85. The lowest BCUT2D eigenvalue weighted by atomic mass is 9.99. The number of carboxylic acids is 1. The molecule has 0 aliphatic carbocycles. The van der Waals surface area contributed by atoms with Gasteiger partial charge in [0.2, 0.25) is 0 Å². The molecule has 1 aliphatic rings. The Morgan fingerprint density at radius 2 is 1.83 bits per heavy atom. The van der Waals surface area contributed by atoms with Crippen molar-refractivity contribution < 1.29 is 14.6 Å². The minimum Gasteiger partial charge on any atom is -0.491 e. The van der Waals surface area contributed by atoms with E-state index in [1.165, 1.54) is 5.56 Å². The highest BCUT2D eigenvalue weighted by atomic mass is 35.5. The molecule has 1 unspecified atom stereocenters. The van der Waals surface area contributed by atoms with Crippen LogP contribution in [0.5, 0.6) is 5.75 Å². The third kappa shape index (κ3) is 4.49. The Kier molecular flexibility index (Phi) is 6.64. The molecule has 1 fully saturated rings. The molecule has 1 atom stereocenters. The fourth-order valence-corrected chi connectivity index (χ4v) is 3.09. The van der Waals surface area contributed by atoms with Crippen LogP contribution in [0, 0.1) is 0 Å². The number of para-hydroxylation sites is 1. The number of likely N-dealkylation sites (tertiary alicyclic amines) is 1. The van der Waals surface area contributed by atoms with Crippen LogP contribution in [0.3, 0.4) is 0 Å². The molecule has 0 spiro atoms. The normalized spacial score (nSPS) is 17.2. The number of benzene rings is 2. The van der Waals surface area contributed by atoms with Crippen LogP contribution in [0.15, 0.2) is 54.6 Å². The Morgan fingerprint density at radius 3 is 2.58 bits per heavy atom. The molecule has 0 saturated carbocycles. The largest absolute Gasteiger partial charge is 0.491 e. The summed E-state index contributed by atoms with van der Waals surface area (Å²) in [6, 6.07) is 17.4. The molecule has 4 nitrogen and oxygen atoms in total. The zero-order chi connectivity index (χ0) is 16.1. The zero-order valence-corrected chi connectivity index (χ0v) is 14.2. The van der Waals surface area contributed by atoms with E-state index in [0.717, 1.165) is 26.1 Å². The third-order valence-electron chi connectivity index (χ3n) is 4.33. The van der Waals surface area contributed by atoms with Crippen molar-refractivity contribution >= 4 is 18.4 Å². The molecular weight excluding hydrogens is 326 g/mol. The molecule has 0 aromatic heterocycles.